The van der Waals surface area contributed by atoms with Gasteiger partial charge in [0.25, 0.3) is 0 Å². The van der Waals surface area contributed by atoms with Crippen molar-refractivity contribution < 1.29 is 9.47 Å². The molecule has 5 heteroatoms. The molecule has 4 nitrogen and oxygen atoms in total. The quantitative estimate of drug-likeness (QED) is 0.761. The Labute approximate surface area is 132 Å². The van der Waals surface area contributed by atoms with Gasteiger partial charge in [-0.1, -0.05) is 11.6 Å². The number of anilines is 2. The lowest BCUT2D eigenvalue weighted by molar-refractivity contribution is 0.171. The van der Waals surface area contributed by atoms with Crippen molar-refractivity contribution in [3.05, 3.63) is 53.7 Å². The van der Waals surface area contributed by atoms with Crippen LogP contribution in [-0.2, 0) is 0 Å². The van der Waals surface area contributed by atoms with E-state index >= 15 is 0 Å². The molecule has 0 saturated heterocycles. The highest BCUT2D eigenvalue weighted by Gasteiger charge is 2.12. The monoisotopic (exact) mass is 312 g/mol. The standard InChI is InChI=1S/C17H13ClN2O2/c18-11-1-3-13-14(5-6-19-15(13)9-11)20-12-2-4-16-17(10-12)22-8-7-21-16/h1-6,9-10H,7-8H2,(H,19,20). The molecule has 0 unspecified atom stereocenters. The zero-order valence-electron chi connectivity index (χ0n) is 11.7. The van der Waals surface area contributed by atoms with E-state index in [1.54, 1.807) is 6.20 Å². The molecule has 22 heavy (non-hydrogen) atoms. The van der Waals surface area contributed by atoms with E-state index in [4.69, 9.17) is 21.1 Å². The molecule has 1 aliphatic rings. The van der Waals surface area contributed by atoms with Crippen molar-refractivity contribution in [2.45, 2.75) is 0 Å². The third-order valence-electron chi connectivity index (χ3n) is 3.53. The lowest BCUT2D eigenvalue weighted by Crippen LogP contribution is -2.15. The maximum Gasteiger partial charge on any atom is 0.163 e. The number of nitrogens with zero attached hydrogens (tertiary/aromatic N) is 1. The van der Waals surface area contributed by atoms with Gasteiger partial charge in [-0.05, 0) is 36.4 Å². The molecule has 3 aromatic rings. The molecule has 1 aromatic heterocycles. The number of nitrogens with one attached hydrogen (secondary N) is 1. The van der Waals surface area contributed by atoms with Crippen LogP contribution in [0.5, 0.6) is 11.5 Å². The number of benzene rings is 2. The molecule has 0 fully saturated rings. The van der Waals surface area contributed by atoms with Crippen molar-refractivity contribution in [3.8, 4) is 11.5 Å². The summed E-state index contributed by atoms with van der Waals surface area (Å²) in [6.07, 6.45) is 1.76. The Morgan fingerprint density at radius 2 is 1.82 bits per heavy atom. The lowest BCUT2D eigenvalue weighted by atomic mass is 10.1. The van der Waals surface area contributed by atoms with Gasteiger partial charge in [-0.3, -0.25) is 4.98 Å². The average Bonchev–Trinajstić information content (AvgIpc) is 2.55. The molecule has 1 aliphatic heterocycles. The number of rotatable bonds is 2. The number of fused-ring (bicyclic) bond motifs is 2. The highest BCUT2D eigenvalue weighted by molar-refractivity contribution is 6.31. The molecule has 0 atom stereocenters. The minimum absolute atomic E-state index is 0.577. The minimum atomic E-state index is 0.577. The largest absolute Gasteiger partial charge is 0.486 e. The second-order valence-electron chi connectivity index (χ2n) is 5.00. The minimum Gasteiger partial charge on any atom is -0.486 e. The number of pyridine rings is 1. The normalized spacial score (nSPS) is 13.1. The van der Waals surface area contributed by atoms with Crippen LogP contribution in [0.3, 0.4) is 0 Å². The summed E-state index contributed by atoms with van der Waals surface area (Å²) < 4.78 is 11.1. The number of ether oxygens (including phenoxy) is 2. The van der Waals surface area contributed by atoms with Crippen LogP contribution in [-0.4, -0.2) is 18.2 Å². The molecule has 0 radical (unpaired) electrons. The van der Waals surface area contributed by atoms with E-state index in [9.17, 15) is 0 Å². The van der Waals surface area contributed by atoms with Gasteiger partial charge in [-0.2, -0.15) is 0 Å². The first-order valence-corrected chi connectivity index (χ1v) is 7.38. The van der Waals surface area contributed by atoms with Crippen molar-refractivity contribution >= 4 is 33.9 Å². The molecular weight excluding hydrogens is 300 g/mol. The first-order valence-electron chi connectivity index (χ1n) is 7.00. The fourth-order valence-corrected chi connectivity index (χ4v) is 2.67. The smallest absolute Gasteiger partial charge is 0.163 e. The van der Waals surface area contributed by atoms with Crippen LogP contribution < -0.4 is 14.8 Å². The third-order valence-corrected chi connectivity index (χ3v) is 3.76. The molecule has 1 N–H and O–H groups in total. The molecule has 0 amide bonds. The average molecular weight is 313 g/mol. The van der Waals surface area contributed by atoms with Gasteiger partial charge in [0, 0.05) is 34.0 Å². The number of halogens is 1. The van der Waals surface area contributed by atoms with Gasteiger partial charge in [-0.25, -0.2) is 0 Å². The van der Waals surface area contributed by atoms with E-state index in [2.05, 4.69) is 10.3 Å². The number of hydrogen-bond acceptors (Lipinski definition) is 4. The van der Waals surface area contributed by atoms with Crippen LogP contribution in [0, 0.1) is 0 Å². The highest BCUT2D eigenvalue weighted by atomic mass is 35.5. The molecular formula is C17H13ClN2O2. The summed E-state index contributed by atoms with van der Waals surface area (Å²) in [5.41, 5.74) is 2.76. The Hall–Kier alpha value is -2.46. The van der Waals surface area contributed by atoms with Gasteiger partial charge in [0.1, 0.15) is 13.2 Å². The maximum absolute atomic E-state index is 6.02. The van der Waals surface area contributed by atoms with Crippen LogP contribution in [0.2, 0.25) is 5.02 Å². The molecule has 0 saturated carbocycles. The van der Waals surface area contributed by atoms with Crippen LogP contribution in [0.25, 0.3) is 10.9 Å². The Morgan fingerprint density at radius 1 is 0.955 bits per heavy atom. The number of hydrogen-bond donors (Lipinski definition) is 1. The van der Waals surface area contributed by atoms with Gasteiger partial charge in [0.2, 0.25) is 0 Å². The zero-order chi connectivity index (χ0) is 14.9. The number of aromatic nitrogens is 1. The van der Waals surface area contributed by atoms with Gasteiger partial charge < -0.3 is 14.8 Å². The first kappa shape index (κ1) is 13.2. The Balaban J connectivity index is 1.71. The summed E-state index contributed by atoms with van der Waals surface area (Å²) in [6.45, 7) is 1.17. The third kappa shape index (κ3) is 2.42. The van der Waals surface area contributed by atoms with Gasteiger partial charge in [0.15, 0.2) is 11.5 Å². The summed E-state index contributed by atoms with van der Waals surface area (Å²) in [6, 6.07) is 13.4. The van der Waals surface area contributed by atoms with E-state index < -0.39 is 0 Å². The highest BCUT2D eigenvalue weighted by Crippen LogP contribution is 2.34. The summed E-state index contributed by atoms with van der Waals surface area (Å²) in [7, 11) is 0. The summed E-state index contributed by atoms with van der Waals surface area (Å²) in [5.74, 6) is 1.54. The fourth-order valence-electron chi connectivity index (χ4n) is 2.51. The van der Waals surface area contributed by atoms with Crippen LogP contribution >= 0.6 is 11.6 Å². The second kappa shape index (κ2) is 5.39. The predicted octanol–water partition coefficient (Wildman–Crippen LogP) is 4.40. The van der Waals surface area contributed by atoms with Crippen LogP contribution in [0.1, 0.15) is 0 Å². The first-order chi connectivity index (χ1) is 10.8. The van der Waals surface area contributed by atoms with Crippen molar-refractivity contribution in [2.24, 2.45) is 0 Å². The van der Waals surface area contributed by atoms with Gasteiger partial charge in [0.05, 0.1) is 5.52 Å². The van der Waals surface area contributed by atoms with E-state index in [1.807, 2.05) is 42.5 Å². The van der Waals surface area contributed by atoms with Crippen LogP contribution in [0.15, 0.2) is 48.7 Å². The SMILES string of the molecule is Clc1ccc2c(Nc3ccc4c(c3)OCCO4)ccnc2c1. The molecule has 2 aromatic carbocycles. The summed E-state index contributed by atoms with van der Waals surface area (Å²) in [5, 5.41) is 5.09. The molecule has 0 spiro atoms. The predicted molar refractivity (Wildman–Crippen MR) is 87.5 cm³/mol. The lowest BCUT2D eigenvalue weighted by Gasteiger charge is -2.19. The van der Waals surface area contributed by atoms with Crippen molar-refractivity contribution in [1.82, 2.24) is 4.98 Å². The molecule has 110 valence electrons. The van der Waals surface area contributed by atoms with E-state index in [1.165, 1.54) is 0 Å². The topological polar surface area (TPSA) is 43.4 Å². The van der Waals surface area contributed by atoms with Crippen molar-refractivity contribution in [1.29, 1.82) is 0 Å². The van der Waals surface area contributed by atoms with E-state index in [-0.39, 0.29) is 0 Å². The zero-order valence-corrected chi connectivity index (χ0v) is 12.4. The molecule has 0 bridgehead atoms. The Kier molecular flexibility index (Phi) is 3.24. The van der Waals surface area contributed by atoms with Crippen molar-refractivity contribution in [2.75, 3.05) is 18.5 Å². The van der Waals surface area contributed by atoms with Crippen molar-refractivity contribution in [3.63, 3.8) is 0 Å². The molecule has 0 aliphatic carbocycles. The van der Waals surface area contributed by atoms with Crippen LogP contribution in [0.4, 0.5) is 11.4 Å². The molecule has 2 heterocycles. The Morgan fingerprint density at radius 3 is 2.73 bits per heavy atom. The Bertz CT molecular complexity index is 851. The second-order valence-corrected chi connectivity index (χ2v) is 5.44. The van der Waals surface area contributed by atoms with Gasteiger partial charge in [-0.15, -0.1) is 0 Å². The van der Waals surface area contributed by atoms with Gasteiger partial charge >= 0.3 is 0 Å². The molecule has 4 rings (SSSR count). The van der Waals surface area contributed by atoms with E-state index in [0.29, 0.717) is 18.2 Å². The van der Waals surface area contributed by atoms with E-state index in [0.717, 1.165) is 33.8 Å². The fraction of sp³-hybridized carbons (Fsp3) is 0.118. The summed E-state index contributed by atoms with van der Waals surface area (Å²) >= 11 is 6.02. The maximum atomic E-state index is 6.02. The summed E-state index contributed by atoms with van der Waals surface area (Å²) in [4.78, 5) is 4.35.